The number of rotatable bonds is 8. The van der Waals surface area contributed by atoms with Gasteiger partial charge in [-0.25, -0.2) is 4.98 Å². The lowest BCUT2D eigenvalue weighted by atomic mass is 10.2. The zero-order valence-corrected chi connectivity index (χ0v) is 15.1. The number of likely N-dealkylation sites (tertiary alicyclic amines) is 1. The molecule has 8 nitrogen and oxygen atoms in total. The second-order valence-electron chi connectivity index (χ2n) is 6.25. The average molecular weight is 360 g/mol. The van der Waals surface area contributed by atoms with Crippen molar-refractivity contribution in [3.05, 3.63) is 28.3 Å². The Bertz CT molecular complexity index is 849. The molecule has 0 bridgehead atoms. The van der Waals surface area contributed by atoms with Crippen LogP contribution in [0.4, 0.5) is 0 Å². The first kappa shape index (κ1) is 18.2. The zero-order valence-electron chi connectivity index (χ0n) is 15.1. The number of H-pyrrole nitrogens is 1. The number of methoxy groups -OCH3 is 2. The van der Waals surface area contributed by atoms with Crippen LogP contribution in [0.15, 0.2) is 16.9 Å². The van der Waals surface area contributed by atoms with Crippen molar-refractivity contribution in [2.24, 2.45) is 0 Å². The van der Waals surface area contributed by atoms with Crippen molar-refractivity contribution < 1.29 is 14.3 Å². The quantitative estimate of drug-likeness (QED) is 0.683. The van der Waals surface area contributed by atoms with Crippen molar-refractivity contribution in [1.82, 2.24) is 20.2 Å². The summed E-state index contributed by atoms with van der Waals surface area (Å²) in [5.74, 6) is 1.84. The molecule has 1 aromatic heterocycles. The third-order valence-electron chi connectivity index (χ3n) is 4.51. The van der Waals surface area contributed by atoms with E-state index in [1.54, 1.807) is 19.2 Å². The normalized spacial score (nSPS) is 14.2. The van der Waals surface area contributed by atoms with Gasteiger partial charge >= 0.3 is 0 Å². The van der Waals surface area contributed by atoms with E-state index in [-0.39, 0.29) is 11.5 Å². The molecule has 26 heavy (non-hydrogen) atoms. The molecule has 140 valence electrons. The molecule has 1 amide bonds. The van der Waals surface area contributed by atoms with Gasteiger partial charge in [0.1, 0.15) is 5.82 Å². The van der Waals surface area contributed by atoms with Gasteiger partial charge in [0.15, 0.2) is 11.5 Å². The van der Waals surface area contributed by atoms with Crippen LogP contribution >= 0.6 is 0 Å². The number of nitrogens with one attached hydrogen (secondary N) is 2. The highest BCUT2D eigenvalue weighted by Crippen LogP contribution is 2.29. The standard InChI is InChI=1S/C18H24N4O4/c1-25-14-9-12-13(10-15(14)26-2)20-16(21-18(12)24)11-19-6-4-8-22-7-3-5-17(22)23/h9-10,19H,3-8,11H2,1-2H3,(H,20,21,24). The predicted octanol–water partition coefficient (Wildman–Crippen LogP) is 1.04. The number of aromatic amines is 1. The van der Waals surface area contributed by atoms with E-state index < -0.39 is 0 Å². The van der Waals surface area contributed by atoms with Crippen LogP contribution in [0.1, 0.15) is 25.1 Å². The van der Waals surface area contributed by atoms with E-state index >= 15 is 0 Å². The minimum Gasteiger partial charge on any atom is -0.493 e. The number of carbonyl (C=O) groups is 1. The summed E-state index contributed by atoms with van der Waals surface area (Å²) in [6.45, 7) is 2.83. The number of hydrogen-bond acceptors (Lipinski definition) is 6. The molecule has 2 heterocycles. The largest absolute Gasteiger partial charge is 0.493 e. The maximum atomic E-state index is 12.3. The molecule has 0 spiro atoms. The maximum absolute atomic E-state index is 12.3. The number of fused-ring (bicyclic) bond motifs is 1. The number of benzene rings is 1. The Morgan fingerprint density at radius 1 is 1.23 bits per heavy atom. The summed E-state index contributed by atoms with van der Waals surface area (Å²) >= 11 is 0. The van der Waals surface area contributed by atoms with E-state index in [1.165, 1.54) is 7.11 Å². The van der Waals surface area contributed by atoms with Gasteiger partial charge in [0.05, 0.1) is 31.7 Å². The number of amides is 1. The van der Waals surface area contributed by atoms with Gasteiger partial charge in [0, 0.05) is 25.6 Å². The predicted molar refractivity (Wildman–Crippen MR) is 97.6 cm³/mol. The molecule has 0 unspecified atom stereocenters. The van der Waals surface area contributed by atoms with Crippen molar-refractivity contribution in [3.63, 3.8) is 0 Å². The molecule has 0 radical (unpaired) electrons. The Balaban J connectivity index is 1.61. The molecule has 0 atom stereocenters. The minimum atomic E-state index is -0.213. The fourth-order valence-corrected chi connectivity index (χ4v) is 3.14. The highest BCUT2D eigenvalue weighted by molar-refractivity contribution is 5.81. The lowest BCUT2D eigenvalue weighted by Crippen LogP contribution is -2.28. The summed E-state index contributed by atoms with van der Waals surface area (Å²) in [4.78, 5) is 33.0. The van der Waals surface area contributed by atoms with E-state index in [1.807, 2.05) is 4.90 Å². The van der Waals surface area contributed by atoms with Gasteiger partial charge in [-0.3, -0.25) is 9.59 Å². The summed E-state index contributed by atoms with van der Waals surface area (Å²) in [6, 6.07) is 3.33. The molecule has 8 heteroatoms. The Labute approximate surface area is 151 Å². The Morgan fingerprint density at radius 3 is 2.69 bits per heavy atom. The third-order valence-corrected chi connectivity index (χ3v) is 4.51. The molecule has 0 aliphatic carbocycles. The monoisotopic (exact) mass is 360 g/mol. The van der Waals surface area contributed by atoms with Crippen molar-refractivity contribution in [1.29, 1.82) is 0 Å². The van der Waals surface area contributed by atoms with Gasteiger partial charge in [-0.2, -0.15) is 0 Å². The number of hydrogen-bond donors (Lipinski definition) is 2. The fraction of sp³-hybridized carbons (Fsp3) is 0.500. The van der Waals surface area contributed by atoms with Crippen LogP contribution in [0.5, 0.6) is 11.5 Å². The Hall–Kier alpha value is -2.61. The first-order valence-corrected chi connectivity index (χ1v) is 8.76. The maximum Gasteiger partial charge on any atom is 0.258 e. The van der Waals surface area contributed by atoms with Crippen molar-refractivity contribution in [2.45, 2.75) is 25.8 Å². The Morgan fingerprint density at radius 2 is 2.00 bits per heavy atom. The van der Waals surface area contributed by atoms with Crippen molar-refractivity contribution in [2.75, 3.05) is 33.9 Å². The van der Waals surface area contributed by atoms with Gasteiger partial charge in [0.25, 0.3) is 5.56 Å². The molecule has 0 saturated carbocycles. The molecule has 3 rings (SSSR count). The second kappa shape index (κ2) is 8.18. The molecule has 2 N–H and O–H groups in total. The Kier molecular flexibility index (Phi) is 5.72. The van der Waals surface area contributed by atoms with Gasteiger partial charge in [-0.15, -0.1) is 0 Å². The summed E-state index contributed by atoms with van der Waals surface area (Å²) < 4.78 is 10.5. The van der Waals surface area contributed by atoms with Crippen molar-refractivity contribution >= 4 is 16.8 Å². The van der Waals surface area contributed by atoms with Crippen molar-refractivity contribution in [3.8, 4) is 11.5 Å². The highest BCUT2D eigenvalue weighted by Gasteiger charge is 2.18. The second-order valence-corrected chi connectivity index (χ2v) is 6.25. The molecule has 1 saturated heterocycles. The average Bonchev–Trinajstić information content (AvgIpc) is 3.05. The molecule has 1 aliphatic rings. The van der Waals surface area contributed by atoms with Gasteiger partial charge in [-0.1, -0.05) is 0 Å². The van der Waals surface area contributed by atoms with Crippen LogP contribution in [-0.2, 0) is 11.3 Å². The third kappa shape index (κ3) is 3.96. The minimum absolute atomic E-state index is 0.213. The topological polar surface area (TPSA) is 96.5 Å². The molecule has 2 aromatic rings. The SMILES string of the molecule is COc1cc2nc(CNCCCN3CCCC3=O)[nH]c(=O)c2cc1OC. The van der Waals surface area contributed by atoms with E-state index in [0.717, 1.165) is 32.5 Å². The van der Waals surface area contributed by atoms with Gasteiger partial charge in [0.2, 0.25) is 5.91 Å². The lowest BCUT2D eigenvalue weighted by molar-refractivity contribution is -0.127. The van der Waals surface area contributed by atoms with Crippen LogP contribution in [0.25, 0.3) is 10.9 Å². The zero-order chi connectivity index (χ0) is 18.5. The number of aromatic nitrogens is 2. The first-order chi connectivity index (χ1) is 12.6. The molecule has 1 fully saturated rings. The van der Waals surface area contributed by atoms with Crippen LogP contribution in [0, 0.1) is 0 Å². The van der Waals surface area contributed by atoms with Crippen LogP contribution < -0.4 is 20.3 Å². The number of carbonyl (C=O) groups excluding carboxylic acids is 1. The smallest absolute Gasteiger partial charge is 0.258 e. The molecular weight excluding hydrogens is 336 g/mol. The highest BCUT2D eigenvalue weighted by atomic mass is 16.5. The molecular formula is C18H24N4O4. The van der Waals surface area contributed by atoms with Crippen LogP contribution in [-0.4, -0.2) is 54.6 Å². The van der Waals surface area contributed by atoms with E-state index in [0.29, 0.717) is 41.2 Å². The van der Waals surface area contributed by atoms with Crippen LogP contribution in [0.3, 0.4) is 0 Å². The summed E-state index contributed by atoms with van der Waals surface area (Å²) in [7, 11) is 3.07. The summed E-state index contributed by atoms with van der Waals surface area (Å²) in [6.07, 6.45) is 2.50. The number of nitrogens with zero attached hydrogens (tertiary/aromatic N) is 2. The van der Waals surface area contributed by atoms with E-state index in [4.69, 9.17) is 9.47 Å². The number of ether oxygens (including phenoxy) is 2. The first-order valence-electron chi connectivity index (χ1n) is 8.76. The van der Waals surface area contributed by atoms with Gasteiger partial charge < -0.3 is 24.7 Å². The van der Waals surface area contributed by atoms with E-state index in [9.17, 15) is 9.59 Å². The molecule has 1 aliphatic heterocycles. The molecule has 1 aromatic carbocycles. The fourth-order valence-electron chi connectivity index (χ4n) is 3.14. The summed E-state index contributed by atoms with van der Waals surface area (Å²) in [5.41, 5.74) is 0.348. The lowest BCUT2D eigenvalue weighted by Gasteiger charge is -2.15. The van der Waals surface area contributed by atoms with Crippen LogP contribution in [0.2, 0.25) is 0 Å². The van der Waals surface area contributed by atoms with Gasteiger partial charge in [-0.05, 0) is 25.5 Å². The summed E-state index contributed by atoms with van der Waals surface area (Å²) in [5, 5.41) is 3.71. The van der Waals surface area contributed by atoms with E-state index in [2.05, 4.69) is 15.3 Å².